The third-order valence-corrected chi connectivity index (χ3v) is 2.57. The van der Waals surface area contributed by atoms with Crippen molar-refractivity contribution in [2.24, 2.45) is 0 Å². The van der Waals surface area contributed by atoms with Gasteiger partial charge in [0, 0.05) is 20.1 Å². The second kappa shape index (κ2) is 8.87. The van der Waals surface area contributed by atoms with Gasteiger partial charge in [-0.15, -0.1) is 0 Å². The molecule has 4 heteroatoms. The number of hydrogen-bond acceptors (Lipinski definition) is 3. The topological polar surface area (TPSA) is 49.3 Å². The quantitative estimate of drug-likeness (QED) is 0.580. The van der Waals surface area contributed by atoms with Gasteiger partial charge >= 0.3 is 0 Å². The lowest BCUT2D eigenvalue weighted by Crippen LogP contribution is -2.17. The van der Waals surface area contributed by atoms with Crippen molar-refractivity contribution in [2.45, 2.75) is 19.3 Å². The summed E-state index contributed by atoms with van der Waals surface area (Å²) in [7, 11) is 1.65. The first-order chi connectivity index (χ1) is 5.81. The highest BCUT2D eigenvalue weighted by molar-refractivity contribution is 7.99. The molecular formula is C8H17NO2S. The standard InChI is InChI=1S/C8H17NO2S/c1-9-8(11)4-2-6-12-7-3-5-10/h10H,2-7H2,1H3,(H,9,11). The number of rotatable bonds is 7. The smallest absolute Gasteiger partial charge is 0.219 e. The number of carbonyl (C=O) groups is 1. The largest absolute Gasteiger partial charge is 0.396 e. The molecule has 0 aromatic carbocycles. The minimum atomic E-state index is 0.109. The molecule has 0 aromatic heterocycles. The van der Waals surface area contributed by atoms with E-state index in [1.807, 2.05) is 0 Å². The van der Waals surface area contributed by atoms with Crippen LogP contribution >= 0.6 is 11.8 Å². The van der Waals surface area contributed by atoms with E-state index in [1.54, 1.807) is 18.8 Å². The van der Waals surface area contributed by atoms with E-state index >= 15 is 0 Å². The molecule has 0 atom stereocenters. The maximum atomic E-state index is 10.7. The summed E-state index contributed by atoms with van der Waals surface area (Å²) in [5.74, 6) is 2.11. The van der Waals surface area contributed by atoms with Crippen LogP contribution in [0.5, 0.6) is 0 Å². The molecule has 0 aliphatic heterocycles. The molecule has 0 unspecified atom stereocenters. The number of thioether (sulfide) groups is 1. The van der Waals surface area contributed by atoms with Crippen LogP contribution in [0.25, 0.3) is 0 Å². The van der Waals surface area contributed by atoms with E-state index in [-0.39, 0.29) is 12.5 Å². The lowest BCUT2D eigenvalue weighted by atomic mass is 10.3. The van der Waals surface area contributed by atoms with Gasteiger partial charge in [-0.1, -0.05) is 0 Å². The summed E-state index contributed by atoms with van der Waals surface area (Å²) in [6.07, 6.45) is 2.39. The van der Waals surface area contributed by atoms with Crippen LogP contribution < -0.4 is 5.32 Å². The van der Waals surface area contributed by atoms with Gasteiger partial charge in [0.1, 0.15) is 0 Å². The Morgan fingerprint density at radius 2 is 2.08 bits per heavy atom. The van der Waals surface area contributed by atoms with E-state index in [4.69, 9.17) is 5.11 Å². The van der Waals surface area contributed by atoms with Crippen LogP contribution in [-0.4, -0.2) is 36.2 Å². The van der Waals surface area contributed by atoms with E-state index < -0.39 is 0 Å². The van der Waals surface area contributed by atoms with Gasteiger partial charge in [0.05, 0.1) is 0 Å². The summed E-state index contributed by atoms with van der Waals surface area (Å²) in [6.45, 7) is 0.266. The van der Waals surface area contributed by atoms with Crippen LogP contribution in [0.2, 0.25) is 0 Å². The van der Waals surface area contributed by atoms with Crippen LogP contribution in [0, 0.1) is 0 Å². The van der Waals surface area contributed by atoms with Crippen molar-refractivity contribution >= 4 is 17.7 Å². The molecule has 0 aliphatic rings. The van der Waals surface area contributed by atoms with Crippen molar-refractivity contribution in [3.8, 4) is 0 Å². The van der Waals surface area contributed by atoms with Crippen LogP contribution in [0.1, 0.15) is 19.3 Å². The normalized spacial score (nSPS) is 9.83. The van der Waals surface area contributed by atoms with Gasteiger partial charge in [0.25, 0.3) is 0 Å². The van der Waals surface area contributed by atoms with Crippen LogP contribution in [0.15, 0.2) is 0 Å². The van der Waals surface area contributed by atoms with E-state index in [9.17, 15) is 4.79 Å². The van der Waals surface area contributed by atoms with Gasteiger partial charge < -0.3 is 10.4 Å². The van der Waals surface area contributed by atoms with Gasteiger partial charge in [-0.25, -0.2) is 0 Å². The summed E-state index contributed by atoms with van der Waals surface area (Å²) >= 11 is 1.79. The Kier molecular flexibility index (Phi) is 8.71. The van der Waals surface area contributed by atoms with Gasteiger partial charge in [-0.05, 0) is 24.3 Å². The van der Waals surface area contributed by atoms with E-state index in [0.717, 1.165) is 24.3 Å². The van der Waals surface area contributed by atoms with Gasteiger partial charge in [-0.3, -0.25) is 4.79 Å². The average Bonchev–Trinajstić information content (AvgIpc) is 2.10. The van der Waals surface area contributed by atoms with Crippen molar-refractivity contribution in [1.29, 1.82) is 0 Å². The van der Waals surface area contributed by atoms with E-state index in [0.29, 0.717) is 6.42 Å². The highest BCUT2D eigenvalue weighted by Gasteiger charge is 1.96. The third-order valence-electron chi connectivity index (χ3n) is 1.42. The molecule has 0 rings (SSSR count). The first kappa shape index (κ1) is 11.8. The minimum Gasteiger partial charge on any atom is -0.396 e. The molecule has 0 heterocycles. The number of carbonyl (C=O) groups excluding carboxylic acids is 1. The molecule has 0 saturated heterocycles. The lowest BCUT2D eigenvalue weighted by molar-refractivity contribution is -0.120. The molecule has 0 aromatic rings. The Hall–Kier alpha value is -0.220. The molecule has 0 saturated carbocycles. The number of aliphatic hydroxyl groups excluding tert-OH is 1. The summed E-state index contributed by atoms with van der Waals surface area (Å²) in [4.78, 5) is 10.7. The Labute approximate surface area is 77.9 Å². The monoisotopic (exact) mass is 191 g/mol. The number of nitrogens with one attached hydrogen (secondary N) is 1. The maximum Gasteiger partial charge on any atom is 0.219 e. The Morgan fingerprint density at radius 3 is 2.67 bits per heavy atom. The first-order valence-electron chi connectivity index (χ1n) is 4.20. The SMILES string of the molecule is CNC(=O)CCCSCCCO. The zero-order valence-electron chi connectivity index (χ0n) is 7.51. The fraction of sp³-hybridized carbons (Fsp3) is 0.875. The highest BCUT2D eigenvalue weighted by Crippen LogP contribution is 2.05. The molecule has 0 bridgehead atoms. The molecule has 72 valence electrons. The zero-order chi connectivity index (χ0) is 9.23. The van der Waals surface area contributed by atoms with Crippen molar-refractivity contribution in [3.05, 3.63) is 0 Å². The first-order valence-corrected chi connectivity index (χ1v) is 5.36. The summed E-state index contributed by atoms with van der Waals surface area (Å²) in [5, 5.41) is 11.1. The minimum absolute atomic E-state index is 0.109. The summed E-state index contributed by atoms with van der Waals surface area (Å²) in [6, 6.07) is 0. The zero-order valence-corrected chi connectivity index (χ0v) is 8.32. The Balaban J connectivity index is 2.95. The number of hydrogen-bond donors (Lipinski definition) is 2. The average molecular weight is 191 g/mol. The fourth-order valence-electron chi connectivity index (χ4n) is 0.728. The van der Waals surface area contributed by atoms with Crippen LogP contribution in [0.3, 0.4) is 0 Å². The number of aliphatic hydroxyl groups is 1. The molecular weight excluding hydrogens is 174 g/mol. The molecule has 2 N–H and O–H groups in total. The predicted octanol–water partition coefficient (Wildman–Crippen LogP) is 0.628. The molecule has 3 nitrogen and oxygen atoms in total. The molecule has 1 amide bonds. The third kappa shape index (κ3) is 7.88. The van der Waals surface area contributed by atoms with Crippen molar-refractivity contribution < 1.29 is 9.90 Å². The Bertz CT molecular complexity index is 120. The van der Waals surface area contributed by atoms with Gasteiger partial charge in [0.15, 0.2) is 0 Å². The van der Waals surface area contributed by atoms with Crippen LogP contribution in [0.4, 0.5) is 0 Å². The van der Waals surface area contributed by atoms with Crippen molar-refractivity contribution in [1.82, 2.24) is 5.32 Å². The van der Waals surface area contributed by atoms with Gasteiger partial charge in [0.2, 0.25) is 5.91 Å². The second-order valence-corrected chi connectivity index (χ2v) is 3.69. The van der Waals surface area contributed by atoms with Gasteiger partial charge in [-0.2, -0.15) is 11.8 Å². The summed E-state index contributed by atoms with van der Waals surface area (Å²) in [5.41, 5.74) is 0. The molecule has 0 radical (unpaired) electrons. The molecule has 12 heavy (non-hydrogen) atoms. The van der Waals surface area contributed by atoms with Crippen molar-refractivity contribution in [3.63, 3.8) is 0 Å². The van der Waals surface area contributed by atoms with E-state index in [1.165, 1.54) is 0 Å². The number of amides is 1. The molecule has 0 spiro atoms. The fourth-order valence-corrected chi connectivity index (χ4v) is 1.61. The van der Waals surface area contributed by atoms with Crippen LogP contribution in [-0.2, 0) is 4.79 Å². The summed E-state index contributed by atoms with van der Waals surface area (Å²) < 4.78 is 0. The molecule has 0 aliphatic carbocycles. The predicted molar refractivity (Wildman–Crippen MR) is 52.3 cm³/mol. The highest BCUT2D eigenvalue weighted by atomic mass is 32.2. The second-order valence-electron chi connectivity index (χ2n) is 2.47. The maximum absolute atomic E-state index is 10.7. The Morgan fingerprint density at radius 1 is 1.42 bits per heavy atom. The van der Waals surface area contributed by atoms with Crippen molar-refractivity contribution in [2.75, 3.05) is 25.2 Å². The van der Waals surface area contributed by atoms with E-state index in [2.05, 4.69) is 5.32 Å². The molecule has 0 fully saturated rings. The lowest BCUT2D eigenvalue weighted by Gasteiger charge is -1.99.